The smallest absolute Gasteiger partial charge is 0.306 e. The summed E-state index contributed by atoms with van der Waals surface area (Å²) in [6.07, 6.45) is 5.04. The van der Waals surface area contributed by atoms with Crippen LogP contribution >= 0.6 is 19.2 Å². The molecule has 2 aliphatic carbocycles. The van der Waals surface area contributed by atoms with Gasteiger partial charge in [0.2, 0.25) is 0 Å². The molecule has 2 bridgehead atoms. The molecule has 0 unspecified atom stereocenters. The highest BCUT2D eigenvalue weighted by Crippen LogP contribution is 2.66. The lowest BCUT2D eigenvalue weighted by Gasteiger charge is -2.22. The van der Waals surface area contributed by atoms with Gasteiger partial charge in [-0.25, -0.2) is 0 Å². The Morgan fingerprint density at radius 3 is 2.31 bits per heavy atom. The molecule has 0 N–H and O–H groups in total. The number of halogens is 1. The summed E-state index contributed by atoms with van der Waals surface area (Å²) in [5.41, 5.74) is 0. The first-order valence-electron chi connectivity index (χ1n) is 5.60. The van der Waals surface area contributed by atoms with Crippen molar-refractivity contribution >= 4 is 19.2 Å². The van der Waals surface area contributed by atoms with Crippen LogP contribution in [0.25, 0.3) is 0 Å². The van der Waals surface area contributed by atoms with Crippen LogP contribution in [-0.4, -0.2) is 13.2 Å². The van der Waals surface area contributed by atoms with Gasteiger partial charge >= 0.3 is 7.60 Å². The zero-order valence-electron chi connectivity index (χ0n) is 9.48. The molecule has 0 aromatic rings. The summed E-state index contributed by atoms with van der Waals surface area (Å²) in [5, 5.41) is 1.35. The second-order valence-corrected chi connectivity index (χ2v) is 6.30. The average Bonchev–Trinajstić information content (AvgIpc) is 2.78. The van der Waals surface area contributed by atoms with Crippen LogP contribution in [0, 0.1) is 11.8 Å². The Morgan fingerprint density at radius 1 is 1.31 bits per heavy atom. The Balaban J connectivity index is 2.31. The minimum atomic E-state index is -3.17. The highest BCUT2D eigenvalue weighted by molar-refractivity contribution is 7.58. The van der Waals surface area contributed by atoms with Crippen LogP contribution < -0.4 is 0 Å². The van der Waals surface area contributed by atoms with E-state index in [1.165, 1.54) is 0 Å². The number of rotatable bonds is 5. The molecule has 90 valence electrons. The third-order valence-electron chi connectivity index (χ3n) is 2.90. The summed E-state index contributed by atoms with van der Waals surface area (Å²) < 4.78 is 23.3. The lowest BCUT2D eigenvalue weighted by Crippen LogP contribution is -2.04. The first-order chi connectivity index (χ1) is 7.62. The van der Waals surface area contributed by atoms with Crippen molar-refractivity contribution in [1.82, 2.24) is 0 Å². The molecule has 0 saturated carbocycles. The molecule has 0 heterocycles. The first-order valence-corrected chi connectivity index (χ1v) is 7.52. The predicted octanol–water partition coefficient (Wildman–Crippen LogP) is 3.91. The van der Waals surface area contributed by atoms with E-state index >= 15 is 0 Å². The molecule has 0 radical (unpaired) electrons. The summed E-state index contributed by atoms with van der Waals surface area (Å²) in [6.45, 7) is 4.35. The minimum absolute atomic E-state index is 0.140. The summed E-state index contributed by atoms with van der Waals surface area (Å²) in [7, 11) is -3.17. The van der Waals surface area contributed by atoms with Gasteiger partial charge in [0.05, 0.1) is 18.5 Å². The molecule has 0 fully saturated rings. The van der Waals surface area contributed by atoms with Crippen LogP contribution in [0.1, 0.15) is 20.3 Å². The van der Waals surface area contributed by atoms with Gasteiger partial charge in [-0.15, -0.1) is 0 Å². The Labute approximate surface area is 101 Å². The highest BCUT2D eigenvalue weighted by atomic mass is 35.5. The van der Waals surface area contributed by atoms with Crippen LogP contribution in [0.15, 0.2) is 22.5 Å². The van der Waals surface area contributed by atoms with E-state index in [0.717, 1.165) is 6.42 Å². The second-order valence-electron chi connectivity index (χ2n) is 3.90. The Kier molecular flexibility index (Phi) is 3.60. The molecule has 0 aromatic heterocycles. The van der Waals surface area contributed by atoms with Crippen molar-refractivity contribution in [3.05, 3.63) is 22.5 Å². The van der Waals surface area contributed by atoms with Crippen LogP contribution in [0.4, 0.5) is 0 Å². The van der Waals surface area contributed by atoms with E-state index in [1.54, 1.807) is 0 Å². The predicted molar refractivity (Wildman–Crippen MR) is 64.5 cm³/mol. The second kappa shape index (κ2) is 4.66. The Hall–Kier alpha value is -0.0800. The third-order valence-corrected chi connectivity index (χ3v) is 5.87. The van der Waals surface area contributed by atoms with Crippen molar-refractivity contribution in [2.45, 2.75) is 20.3 Å². The van der Waals surface area contributed by atoms with Gasteiger partial charge in [-0.3, -0.25) is 4.57 Å². The fraction of sp³-hybridized carbons (Fsp3) is 0.636. The molecule has 5 heteroatoms. The van der Waals surface area contributed by atoms with E-state index < -0.39 is 7.60 Å². The SMILES string of the molecule is CCOP(=O)(OCC)C1=C(Cl)[C@@H]2C=C[C@H]1C2. The zero-order chi connectivity index (χ0) is 11.8. The first kappa shape index (κ1) is 12.4. The van der Waals surface area contributed by atoms with Crippen LogP contribution in [0.3, 0.4) is 0 Å². The van der Waals surface area contributed by atoms with Gasteiger partial charge in [0.25, 0.3) is 0 Å². The monoisotopic (exact) mass is 262 g/mol. The van der Waals surface area contributed by atoms with Crippen molar-refractivity contribution in [3.8, 4) is 0 Å². The molecule has 0 aromatic carbocycles. The highest BCUT2D eigenvalue weighted by Gasteiger charge is 2.45. The van der Waals surface area contributed by atoms with E-state index in [1.807, 2.05) is 13.8 Å². The number of fused-ring (bicyclic) bond motifs is 2. The molecule has 3 nitrogen and oxygen atoms in total. The van der Waals surface area contributed by atoms with E-state index in [9.17, 15) is 4.57 Å². The van der Waals surface area contributed by atoms with Gasteiger partial charge in [-0.05, 0) is 20.3 Å². The maximum absolute atomic E-state index is 12.6. The Bertz CT molecular complexity index is 379. The molecule has 16 heavy (non-hydrogen) atoms. The molecule has 2 aliphatic rings. The summed E-state index contributed by atoms with van der Waals surface area (Å²) in [4.78, 5) is 0. The van der Waals surface area contributed by atoms with Gasteiger partial charge in [-0.2, -0.15) is 0 Å². The van der Waals surface area contributed by atoms with Crippen LogP contribution in [0.5, 0.6) is 0 Å². The van der Waals surface area contributed by atoms with Gasteiger partial charge < -0.3 is 9.05 Å². The quantitative estimate of drug-likeness (QED) is 0.557. The standard InChI is InChI=1S/C11H16ClO3P/c1-3-14-16(13,15-4-2)11-9-6-5-8(7-9)10(11)12/h5-6,8-9H,3-4,7H2,1-2H3/t8-,9+/m1/s1. The van der Waals surface area contributed by atoms with Crippen molar-refractivity contribution in [1.29, 1.82) is 0 Å². The van der Waals surface area contributed by atoms with Crippen LogP contribution in [-0.2, 0) is 13.6 Å². The Morgan fingerprint density at radius 2 is 1.88 bits per heavy atom. The fourth-order valence-electron chi connectivity index (χ4n) is 2.31. The minimum Gasteiger partial charge on any atom is -0.306 e. The summed E-state index contributed by atoms with van der Waals surface area (Å²) >= 11 is 6.23. The maximum Gasteiger partial charge on any atom is 0.359 e. The van der Waals surface area contributed by atoms with E-state index in [-0.39, 0.29) is 11.8 Å². The zero-order valence-corrected chi connectivity index (χ0v) is 11.1. The van der Waals surface area contributed by atoms with Crippen molar-refractivity contribution in [2.24, 2.45) is 11.8 Å². The molecule has 2 rings (SSSR count). The molecule has 0 aliphatic heterocycles. The van der Waals surface area contributed by atoms with Gasteiger partial charge in [0, 0.05) is 16.9 Å². The van der Waals surface area contributed by atoms with Crippen molar-refractivity contribution in [2.75, 3.05) is 13.2 Å². The largest absolute Gasteiger partial charge is 0.359 e. The van der Waals surface area contributed by atoms with Gasteiger partial charge in [0.15, 0.2) is 0 Å². The average molecular weight is 263 g/mol. The lowest BCUT2D eigenvalue weighted by atomic mass is 10.2. The van der Waals surface area contributed by atoms with Gasteiger partial charge in [-0.1, -0.05) is 23.8 Å². The molecule has 0 spiro atoms. The van der Waals surface area contributed by atoms with E-state index in [2.05, 4.69) is 12.2 Å². The number of allylic oxidation sites excluding steroid dienone is 4. The topological polar surface area (TPSA) is 35.5 Å². The van der Waals surface area contributed by atoms with Crippen molar-refractivity contribution < 1.29 is 13.6 Å². The third kappa shape index (κ3) is 1.91. The number of hydrogen-bond acceptors (Lipinski definition) is 3. The lowest BCUT2D eigenvalue weighted by molar-refractivity contribution is 0.224. The molecule has 0 amide bonds. The molecular weight excluding hydrogens is 247 g/mol. The molecule has 0 saturated heterocycles. The summed E-state index contributed by atoms with van der Waals surface area (Å²) in [6, 6.07) is 0. The molecule has 2 atom stereocenters. The van der Waals surface area contributed by atoms with Crippen LogP contribution in [0.2, 0.25) is 0 Å². The van der Waals surface area contributed by atoms with E-state index in [4.69, 9.17) is 20.6 Å². The van der Waals surface area contributed by atoms with E-state index in [0.29, 0.717) is 23.6 Å². The number of hydrogen-bond donors (Lipinski definition) is 0. The maximum atomic E-state index is 12.6. The summed E-state index contributed by atoms with van der Waals surface area (Å²) in [5.74, 6) is 0.359. The molecular formula is C11H16ClO3P. The van der Waals surface area contributed by atoms with Crippen molar-refractivity contribution in [3.63, 3.8) is 0 Å². The van der Waals surface area contributed by atoms with Gasteiger partial charge in [0.1, 0.15) is 0 Å². The normalized spacial score (nSPS) is 28.2. The fourth-order valence-corrected chi connectivity index (χ4v) is 4.98.